The summed E-state index contributed by atoms with van der Waals surface area (Å²) in [6.45, 7) is 0. The van der Waals surface area contributed by atoms with E-state index in [2.05, 4.69) is 0 Å². The van der Waals surface area contributed by atoms with E-state index in [-0.39, 0.29) is 11.6 Å². The van der Waals surface area contributed by atoms with E-state index in [0.717, 1.165) is 11.8 Å². The third-order valence-corrected chi connectivity index (χ3v) is 6.94. The Morgan fingerprint density at radius 1 is 0.852 bits per heavy atom. The van der Waals surface area contributed by atoms with Crippen molar-refractivity contribution in [3.63, 3.8) is 0 Å². The maximum absolute atomic E-state index is 12.6. The molecule has 5 nitrogen and oxygen atoms in total. The number of nitrogens with zero attached hydrogens (tertiary/aromatic N) is 1. The maximum atomic E-state index is 12.6. The van der Waals surface area contributed by atoms with E-state index in [1.54, 1.807) is 31.1 Å². The van der Waals surface area contributed by atoms with E-state index >= 15 is 0 Å². The van der Waals surface area contributed by atoms with Gasteiger partial charge in [-0.1, -0.05) is 24.3 Å². The van der Waals surface area contributed by atoms with Crippen LogP contribution in [0.25, 0.3) is 6.08 Å². The van der Waals surface area contributed by atoms with Gasteiger partial charge in [-0.15, -0.1) is 0 Å². The lowest BCUT2D eigenvalue weighted by molar-refractivity contribution is -0.0444. The highest BCUT2D eigenvalue weighted by molar-refractivity contribution is 8.15. The Morgan fingerprint density at radius 2 is 1.26 bits per heavy atom. The number of halogens is 6. The summed E-state index contributed by atoms with van der Waals surface area (Å²) in [6.07, 6.45) is 1.19. The molecule has 0 spiro atoms. The van der Waals surface area contributed by atoms with Gasteiger partial charge in [-0.25, -0.2) is 16.8 Å². The van der Waals surface area contributed by atoms with Crippen LogP contribution in [-0.2, 0) is 19.7 Å². The minimum absolute atomic E-state index is 0.245. The van der Waals surface area contributed by atoms with Crippen molar-refractivity contribution in [2.45, 2.75) is 11.0 Å². The molecule has 0 unspecified atom stereocenters. The highest BCUT2D eigenvalue weighted by atomic mass is 32.3. The lowest BCUT2D eigenvalue weighted by atomic mass is 10.2. The van der Waals surface area contributed by atoms with Gasteiger partial charge in [0.25, 0.3) is 19.7 Å². The number of hydrogen-bond acceptors (Lipinski definition) is 5. The van der Waals surface area contributed by atoms with Crippen molar-refractivity contribution in [3.8, 4) is 0 Å². The number of allylic oxidation sites excluding steroid dienone is 2. The Labute approximate surface area is 151 Å². The van der Waals surface area contributed by atoms with Crippen LogP contribution in [0.2, 0.25) is 0 Å². The van der Waals surface area contributed by atoms with E-state index in [9.17, 15) is 43.2 Å². The lowest BCUT2D eigenvalue weighted by Gasteiger charge is -2.13. The number of alkyl halides is 6. The largest absolute Gasteiger partial charge is 0.502 e. The van der Waals surface area contributed by atoms with Crippen LogP contribution >= 0.6 is 0 Å². The highest BCUT2D eigenvalue weighted by Crippen LogP contribution is 2.38. The van der Waals surface area contributed by atoms with Gasteiger partial charge in [0.1, 0.15) is 0 Å². The van der Waals surface area contributed by atoms with Crippen LogP contribution in [0, 0.1) is 0 Å². The average molecular weight is 437 g/mol. The molecule has 0 N–H and O–H groups in total. The zero-order valence-electron chi connectivity index (χ0n) is 13.7. The molecule has 0 aromatic heterocycles. The number of anilines is 1. The molecule has 27 heavy (non-hydrogen) atoms. The summed E-state index contributed by atoms with van der Waals surface area (Å²) in [4.78, 5) is 1.72. The van der Waals surface area contributed by atoms with Gasteiger partial charge < -0.3 is 4.90 Å². The second-order valence-corrected chi connectivity index (χ2v) is 9.31. The molecule has 0 aliphatic heterocycles. The second kappa shape index (κ2) is 7.54. The standard InChI is InChI=1S/C14H13F6NO4S2/c1-21(2)11-8-6-10(7-9-11)4-3-5-12(26(22,23)13(15,16)17)27(24,25)14(18,19)20/h3-9H,1-2H3. The third-order valence-electron chi connectivity index (χ3n) is 3.07. The SMILES string of the molecule is CN(C)c1ccc(C=CC=C(S(=O)(=O)C(F)(F)F)S(=O)(=O)C(F)(F)F)cc1. The first-order chi connectivity index (χ1) is 12.0. The summed E-state index contributed by atoms with van der Waals surface area (Å²) < 4.78 is 118. The number of sulfone groups is 2. The molecule has 0 bridgehead atoms. The van der Waals surface area contributed by atoms with Crippen molar-refractivity contribution >= 4 is 31.4 Å². The van der Waals surface area contributed by atoms with Crippen molar-refractivity contribution in [3.05, 3.63) is 46.2 Å². The Bertz CT molecular complexity index is 895. The molecule has 0 heterocycles. The molecule has 0 aliphatic carbocycles. The smallest absolute Gasteiger partial charge is 0.378 e. The molecule has 0 aliphatic rings. The summed E-state index contributed by atoms with van der Waals surface area (Å²) in [6, 6.07) is 6.03. The number of rotatable bonds is 5. The van der Waals surface area contributed by atoms with E-state index in [1.165, 1.54) is 12.1 Å². The molecule has 0 saturated carbocycles. The normalized spacial score (nSPS) is 13.6. The minimum atomic E-state index is -6.76. The molecular weight excluding hydrogens is 424 g/mol. The van der Waals surface area contributed by atoms with Gasteiger partial charge in [-0.2, -0.15) is 26.3 Å². The quantitative estimate of drug-likeness (QED) is 0.521. The van der Waals surface area contributed by atoms with Crippen molar-refractivity contribution in [1.29, 1.82) is 0 Å². The summed E-state index contributed by atoms with van der Waals surface area (Å²) in [5.74, 6) is 0. The Hall–Kier alpha value is -2.02. The molecule has 1 aromatic carbocycles. The molecule has 1 aromatic rings. The average Bonchev–Trinajstić information content (AvgIpc) is 2.49. The Kier molecular flexibility index (Phi) is 6.43. The zero-order chi connectivity index (χ0) is 21.3. The Morgan fingerprint density at radius 3 is 1.59 bits per heavy atom. The van der Waals surface area contributed by atoms with E-state index < -0.39 is 34.9 Å². The molecular formula is C14H13F6NO4S2. The number of hydrogen-bond donors (Lipinski definition) is 0. The lowest BCUT2D eigenvalue weighted by Crippen LogP contribution is -2.34. The monoisotopic (exact) mass is 437 g/mol. The molecule has 0 radical (unpaired) electrons. The van der Waals surface area contributed by atoms with Gasteiger partial charge in [0.15, 0.2) is 4.24 Å². The fourth-order valence-electron chi connectivity index (χ4n) is 1.67. The molecule has 13 heteroatoms. The van der Waals surface area contributed by atoms with E-state index in [0.29, 0.717) is 6.08 Å². The van der Waals surface area contributed by atoms with Crippen LogP contribution in [0.4, 0.5) is 32.0 Å². The summed E-state index contributed by atoms with van der Waals surface area (Å²) >= 11 is 0. The van der Waals surface area contributed by atoms with Gasteiger partial charge in [0.2, 0.25) is 0 Å². The number of benzene rings is 1. The first-order valence-corrected chi connectivity index (χ1v) is 9.77. The van der Waals surface area contributed by atoms with Crippen LogP contribution in [0.3, 0.4) is 0 Å². The topological polar surface area (TPSA) is 71.5 Å². The van der Waals surface area contributed by atoms with Crippen LogP contribution in [0.5, 0.6) is 0 Å². The van der Waals surface area contributed by atoms with Crippen LogP contribution in [0.15, 0.2) is 40.7 Å². The summed E-state index contributed by atoms with van der Waals surface area (Å²) in [5, 5.41) is 0. The molecule has 0 saturated heterocycles. The van der Waals surface area contributed by atoms with E-state index in [4.69, 9.17) is 0 Å². The third kappa shape index (κ3) is 5.03. The molecule has 0 amide bonds. The van der Waals surface area contributed by atoms with E-state index in [1.807, 2.05) is 0 Å². The predicted molar refractivity (Wildman–Crippen MR) is 87.8 cm³/mol. The molecule has 1 rings (SSSR count). The predicted octanol–water partition coefficient (Wildman–Crippen LogP) is 3.48. The maximum Gasteiger partial charge on any atom is 0.502 e. The van der Waals surface area contributed by atoms with Crippen LogP contribution in [-0.4, -0.2) is 41.9 Å². The van der Waals surface area contributed by atoms with Gasteiger partial charge in [0.05, 0.1) is 0 Å². The van der Waals surface area contributed by atoms with Crippen molar-refractivity contribution < 1.29 is 43.2 Å². The van der Waals surface area contributed by atoms with Crippen molar-refractivity contribution in [1.82, 2.24) is 0 Å². The molecule has 0 fully saturated rings. The highest BCUT2D eigenvalue weighted by Gasteiger charge is 2.59. The van der Waals surface area contributed by atoms with Gasteiger partial charge in [0, 0.05) is 19.8 Å². The van der Waals surface area contributed by atoms with Crippen molar-refractivity contribution in [2.75, 3.05) is 19.0 Å². The van der Waals surface area contributed by atoms with Crippen molar-refractivity contribution in [2.24, 2.45) is 0 Å². The Balaban J connectivity index is 3.45. The van der Waals surface area contributed by atoms with Crippen LogP contribution in [0.1, 0.15) is 5.56 Å². The summed E-state index contributed by atoms with van der Waals surface area (Å²) in [7, 11) is -10.1. The first kappa shape index (κ1) is 23.0. The second-order valence-electron chi connectivity index (χ2n) is 5.23. The minimum Gasteiger partial charge on any atom is -0.378 e. The molecule has 0 atom stereocenters. The van der Waals surface area contributed by atoms with Gasteiger partial charge in [-0.05, 0) is 23.8 Å². The molecule has 152 valence electrons. The fourth-order valence-corrected chi connectivity index (χ4v) is 4.37. The van der Waals surface area contributed by atoms with Gasteiger partial charge in [-0.3, -0.25) is 0 Å². The zero-order valence-corrected chi connectivity index (χ0v) is 15.3. The van der Waals surface area contributed by atoms with Gasteiger partial charge >= 0.3 is 11.0 Å². The summed E-state index contributed by atoms with van der Waals surface area (Å²) in [5.41, 5.74) is -11.4. The first-order valence-electron chi connectivity index (χ1n) is 6.80. The van der Waals surface area contributed by atoms with Crippen LogP contribution < -0.4 is 4.90 Å². The fraction of sp³-hybridized carbons (Fsp3) is 0.286.